The molecule has 1 aromatic heterocycles. The van der Waals surface area contributed by atoms with E-state index in [4.69, 9.17) is 11.6 Å². The van der Waals surface area contributed by atoms with Gasteiger partial charge in [0.2, 0.25) is 0 Å². The van der Waals surface area contributed by atoms with Gasteiger partial charge in [0.25, 0.3) is 0 Å². The van der Waals surface area contributed by atoms with Crippen LogP contribution in [0.25, 0.3) is 0 Å². The number of aromatic nitrogens is 2. The first-order valence-electron chi connectivity index (χ1n) is 3.66. The van der Waals surface area contributed by atoms with Crippen molar-refractivity contribution >= 4 is 33.3 Å². The van der Waals surface area contributed by atoms with E-state index < -0.39 is 16.8 Å². The van der Waals surface area contributed by atoms with Crippen LogP contribution in [0, 0.1) is 10.1 Å². The fourth-order valence-corrected chi connectivity index (χ4v) is 1.29. The zero-order valence-electron chi connectivity index (χ0n) is 6.93. The van der Waals surface area contributed by atoms with Gasteiger partial charge in [-0.1, -0.05) is 27.5 Å². The van der Waals surface area contributed by atoms with Crippen LogP contribution in [0.2, 0.25) is 5.02 Å². The summed E-state index contributed by atoms with van der Waals surface area (Å²) in [4.78, 5) is 9.70. The zero-order chi connectivity index (χ0) is 10.7. The highest BCUT2D eigenvalue weighted by atomic mass is 79.9. The van der Waals surface area contributed by atoms with E-state index >= 15 is 0 Å². The van der Waals surface area contributed by atoms with Crippen molar-refractivity contribution < 1.29 is 10.0 Å². The topological polar surface area (TPSA) is 81.2 Å². The average molecular weight is 284 g/mol. The number of aliphatic hydroxyl groups is 1. The van der Waals surface area contributed by atoms with Gasteiger partial charge in [0.15, 0.2) is 5.02 Å². The standard InChI is InChI=1S/C6H7BrClN3O3/c7-1-4(12)2-10-3-5(8)6(9-10)11(13)14/h3-4,12H,1-2H2. The molecule has 1 heterocycles. The summed E-state index contributed by atoms with van der Waals surface area (Å²) in [5.41, 5.74) is 0. The normalized spacial score (nSPS) is 12.8. The van der Waals surface area contributed by atoms with Gasteiger partial charge in [-0.25, -0.2) is 0 Å². The van der Waals surface area contributed by atoms with Crippen LogP contribution in [0.5, 0.6) is 0 Å². The Labute approximate surface area is 92.8 Å². The maximum atomic E-state index is 10.4. The summed E-state index contributed by atoms with van der Waals surface area (Å²) in [7, 11) is 0. The molecule has 78 valence electrons. The lowest BCUT2D eigenvalue weighted by Crippen LogP contribution is -2.17. The van der Waals surface area contributed by atoms with Gasteiger partial charge >= 0.3 is 5.82 Å². The Balaban J connectivity index is 2.81. The zero-order valence-corrected chi connectivity index (χ0v) is 9.27. The van der Waals surface area contributed by atoms with Crippen molar-refractivity contribution in [3.05, 3.63) is 21.3 Å². The summed E-state index contributed by atoms with van der Waals surface area (Å²) in [6.07, 6.45) is 0.663. The Morgan fingerprint density at radius 3 is 2.93 bits per heavy atom. The second kappa shape index (κ2) is 4.72. The highest BCUT2D eigenvalue weighted by molar-refractivity contribution is 9.09. The maximum Gasteiger partial charge on any atom is 0.408 e. The van der Waals surface area contributed by atoms with E-state index in [0.717, 1.165) is 0 Å². The van der Waals surface area contributed by atoms with E-state index in [1.165, 1.54) is 10.9 Å². The Hall–Kier alpha value is -0.660. The Morgan fingerprint density at radius 2 is 2.50 bits per heavy atom. The van der Waals surface area contributed by atoms with Crippen molar-refractivity contribution in [3.63, 3.8) is 0 Å². The largest absolute Gasteiger partial charge is 0.408 e. The number of nitrogens with zero attached hydrogens (tertiary/aromatic N) is 3. The van der Waals surface area contributed by atoms with Crippen LogP contribution in [0.15, 0.2) is 6.20 Å². The lowest BCUT2D eigenvalue weighted by atomic mass is 10.4. The molecule has 1 aromatic rings. The molecule has 0 radical (unpaired) electrons. The van der Waals surface area contributed by atoms with Crippen LogP contribution in [-0.4, -0.2) is 31.2 Å². The second-order valence-corrected chi connectivity index (χ2v) is 3.64. The van der Waals surface area contributed by atoms with Crippen LogP contribution in [0.1, 0.15) is 0 Å². The van der Waals surface area contributed by atoms with Gasteiger partial charge in [0, 0.05) is 5.33 Å². The maximum absolute atomic E-state index is 10.4. The van der Waals surface area contributed by atoms with Crippen molar-refractivity contribution in [1.29, 1.82) is 0 Å². The number of aliphatic hydroxyl groups excluding tert-OH is 1. The van der Waals surface area contributed by atoms with Gasteiger partial charge in [-0.15, -0.1) is 0 Å². The smallest absolute Gasteiger partial charge is 0.390 e. The molecule has 8 heteroatoms. The van der Waals surface area contributed by atoms with E-state index in [0.29, 0.717) is 5.33 Å². The summed E-state index contributed by atoms with van der Waals surface area (Å²) < 4.78 is 1.24. The van der Waals surface area contributed by atoms with Crippen LogP contribution >= 0.6 is 27.5 Å². The van der Waals surface area contributed by atoms with Gasteiger partial charge in [0.05, 0.1) is 23.9 Å². The number of rotatable bonds is 4. The van der Waals surface area contributed by atoms with Crippen molar-refractivity contribution in [3.8, 4) is 0 Å². The van der Waals surface area contributed by atoms with E-state index in [9.17, 15) is 15.2 Å². The van der Waals surface area contributed by atoms with Gasteiger partial charge in [-0.2, -0.15) is 4.68 Å². The highest BCUT2D eigenvalue weighted by Gasteiger charge is 2.19. The van der Waals surface area contributed by atoms with Crippen LogP contribution in [-0.2, 0) is 6.54 Å². The van der Waals surface area contributed by atoms with Gasteiger partial charge < -0.3 is 15.2 Å². The minimum absolute atomic E-state index is 0.0308. The molecule has 0 saturated carbocycles. The first kappa shape index (κ1) is 11.4. The molecule has 1 N–H and O–H groups in total. The van der Waals surface area contributed by atoms with E-state index in [1.807, 2.05) is 0 Å². The molecule has 0 aromatic carbocycles. The third-order valence-corrected chi connectivity index (χ3v) is 2.46. The van der Waals surface area contributed by atoms with E-state index in [1.54, 1.807) is 0 Å². The summed E-state index contributed by atoms with van der Waals surface area (Å²) in [5.74, 6) is -0.395. The molecule has 0 aliphatic heterocycles. The Morgan fingerprint density at radius 1 is 1.86 bits per heavy atom. The number of hydrogen-bond acceptors (Lipinski definition) is 4. The third kappa shape index (κ3) is 2.66. The second-order valence-electron chi connectivity index (χ2n) is 2.59. The molecule has 14 heavy (non-hydrogen) atoms. The molecular formula is C6H7BrClN3O3. The molecule has 0 aliphatic rings. The molecule has 0 fully saturated rings. The lowest BCUT2D eigenvalue weighted by Gasteiger charge is -2.02. The van der Waals surface area contributed by atoms with E-state index in [2.05, 4.69) is 21.0 Å². The molecule has 0 amide bonds. The lowest BCUT2D eigenvalue weighted by molar-refractivity contribution is -0.389. The highest BCUT2D eigenvalue weighted by Crippen LogP contribution is 2.21. The van der Waals surface area contributed by atoms with Crippen molar-refractivity contribution in [2.24, 2.45) is 0 Å². The van der Waals surface area contributed by atoms with Gasteiger partial charge in [0.1, 0.15) is 0 Å². The molecule has 0 bridgehead atoms. The van der Waals surface area contributed by atoms with Gasteiger partial charge in [-0.05, 0) is 4.92 Å². The van der Waals surface area contributed by atoms with Crippen molar-refractivity contribution in [1.82, 2.24) is 9.78 Å². The van der Waals surface area contributed by atoms with Crippen LogP contribution in [0.4, 0.5) is 5.82 Å². The summed E-state index contributed by atoms with van der Waals surface area (Å²) in [6.45, 7) is 0.165. The van der Waals surface area contributed by atoms with Crippen LogP contribution in [0.3, 0.4) is 0 Å². The van der Waals surface area contributed by atoms with Crippen molar-refractivity contribution in [2.75, 3.05) is 5.33 Å². The molecule has 6 nitrogen and oxygen atoms in total. The predicted molar refractivity (Wildman–Crippen MR) is 53.7 cm³/mol. The quantitative estimate of drug-likeness (QED) is 0.512. The predicted octanol–water partition coefficient (Wildman–Crippen LogP) is 1.20. The summed E-state index contributed by atoms with van der Waals surface area (Å²) in [5, 5.41) is 23.5. The summed E-state index contributed by atoms with van der Waals surface area (Å²) >= 11 is 8.62. The minimum Gasteiger partial charge on any atom is -0.390 e. The van der Waals surface area contributed by atoms with Crippen LogP contribution < -0.4 is 0 Å². The average Bonchev–Trinajstić information content (AvgIpc) is 2.46. The fraction of sp³-hybridized carbons (Fsp3) is 0.500. The number of halogens is 2. The molecule has 0 spiro atoms. The van der Waals surface area contributed by atoms with E-state index in [-0.39, 0.29) is 11.6 Å². The minimum atomic E-state index is -0.667. The molecule has 1 atom stereocenters. The molecule has 0 saturated heterocycles. The number of nitro groups is 1. The molecule has 1 unspecified atom stereocenters. The number of hydrogen-bond donors (Lipinski definition) is 1. The first-order valence-corrected chi connectivity index (χ1v) is 5.16. The monoisotopic (exact) mass is 283 g/mol. The Bertz CT molecular complexity index is 343. The summed E-state index contributed by atoms with van der Waals surface area (Å²) in [6, 6.07) is 0. The molecule has 1 rings (SSSR count). The first-order chi connectivity index (χ1) is 6.54. The Kier molecular flexibility index (Phi) is 3.85. The third-order valence-electron chi connectivity index (χ3n) is 1.45. The van der Waals surface area contributed by atoms with Gasteiger partial charge in [-0.3, -0.25) is 0 Å². The van der Waals surface area contributed by atoms with Crippen molar-refractivity contribution in [2.45, 2.75) is 12.6 Å². The molecular weight excluding hydrogens is 277 g/mol. The number of alkyl halides is 1. The fourth-order valence-electron chi connectivity index (χ4n) is 0.869. The SMILES string of the molecule is O=[N+]([O-])c1nn(CC(O)CBr)cc1Cl. The molecule has 0 aliphatic carbocycles.